The van der Waals surface area contributed by atoms with Crippen molar-refractivity contribution in [3.8, 4) is 6.07 Å². The first-order valence-electron chi connectivity index (χ1n) is 8.95. The second-order valence-electron chi connectivity index (χ2n) is 6.54. The Balaban J connectivity index is 2.11. The molecule has 0 atom stereocenters. The van der Waals surface area contributed by atoms with Gasteiger partial charge in [-0.1, -0.05) is 12.1 Å². The number of benzene rings is 3. The zero-order valence-corrected chi connectivity index (χ0v) is 16.1. The number of hydrogen-bond donors (Lipinski definition) is 4. The van der Waals surface area contributed by atoms with E-state index in [1.54, 1.807) is 12.1 Å². The standard InChI is InChI=1S/C22H14F3N3O4/c23-22(24,25)13-6-8-18(27-16-4-2-1-3-14(16)20(29)30)19(10-13)28-17-7-5-12(11-26)9-15(17)21(31)32/h1-10,27-28H,(H,29,30)(H,31,32). The highest BCUT2D eigenvalue weighted by molar-refractivity contribution is 5.98. The summed E-state index contributed by atoms with van der Waals surface area (Å²) in [7, 11) is 0. The van der Waals surface area contributed by atoms with Crippen LogP contribution in [0.3, 0.4) is 0 Å². The van der Waals surface area contributed by atoms with Gasteiger partial charge in [0, 0.05) is 0 Å². The van der Waals surface area contributed by atoms with Crippen molar-refractivity contribution < 1.29 is 33.0 Å². The second-order valence-corrected chi connectivity index (χ2v) is 6.54. The molecule has 0 saturated heterocycles. The SMILES string of the molecule is N#Cc1ccc(Nc2cc(C(F)(F)F)ccc2Nc2ccccc2C(=O)O)c(C(=O)O)c1. The Morgan fingerprint density at radius 2 is 1.38 bits per heavy atom. The number of carboxylic acid groups (broad SMARTS) is 2. The molecule has 3 aromatic carbocycles. The average Bonchev–Trinajstić information content (AvgIpc) is 2.74. The van der Waals surface area contributed by atoms with Crippen LogP contribution >= 0.6 is 0 Å². The Morgan fingerprint density at radius 1 is 0.781 bits per heavy atom. The lowest BCUT2D eigenvalue weighted by atomic mass is 10.1. The number of halogens is 3. The van der Waals surface area contributed by atoms with E-state index in [0.717, 1.165) is 24.3 Å². The van der Waals surface area contributed by atoms with Gasteiger partial charge in [0.25, 0.3) is 0 Å². The molecule has 0 aromatic heterocycles. The summed E-state index contributed by atoms with van der Waals surface area (Å²) in [5.74, 6) is -2.63. The smallest absolute Gasteiger partial charge is 0.416 e. The van der Waals surface area contributed by atoms with E-state index < -0.39 is 23.7 Å². The Morgan fingerprint density at radius 3 is 2.00 bits per heavy atom. The van der Waals surface area contributed by atoms with Crippen molar-refractivity contribution in [1.29, 1.82) is 5.26 Å². The molecule has 0 heterocycles. The predicted molar refractivity (Wildman–Crippen MR) is 110 cm³/mol. The summed E-state index contributed by atoms with van der Waals surface area (Å²) in [5, 5.41) is 33.2. The topological polar surface area (TPSA) is 122 Å². The first-order valence-corrected chi connectivity index (χ1v) is 8.95. The Bertz CT molecular complexity index is 1250. The first kappa shape index (κ1) is 22.2. The minimum Gasteiger partial charge on any atom is -0.478 e. The number of anilines is 4. The lowest BCUT2D eigenvalue weighted by Crippen LogP contribution is -2.09. The number of carbonyl (C=O) groups is 2. The molecule has 3 aromatic rings. The van der Waals surface area contributed by atoms with Crippen LogP contribution in [-0.2, 0) is 6.18 Å². The molecule has 0 amide bonds. The van der Waals surface area contributed by atoms with Gasteiger partial charge in [-0.25, -0.2) is 9.59 Å². The van der Waals surface area contributed by atoms with Crippen molar-refractivity contribution in [3.63, 3.8) is 0 Å². The van der Waals surface area contributed by atoms with E-state index >= 15 is 0 Å². The fraction of sp³-hybridized carbons (Fsp3) is 0.0455. The molecule has 10 heteroatoms. The van der Waals surface area contributed by atoms with Gasteiger partial charge in [0.15, 0.2) is 0 Å². The fourth-order valence-corrected chi connectivity index (χ4v) is 2.90. The Kier molecular flexibility index (Phi) is 6.02. The third-order valence-corrected chi connectivity index (χ3v) is 4.42. The largest absolute Gasteiger partial charge is 0.478 e. The number of para-hydroxylation sites is 1. The number of nitrogens with zero attached hydrogens (tertiary/aromatic N) is 1. The van der Waals surface area contributed by atoms with Crippen molar-refractivity contribution in [2.24, 2.45) is 0 Å². The molecule has 32 heavy (non-hydrogen) atoms. The number of alkyl halides is 3. The highest BCUT2D eigenvalue weighted by atomic mass is 19.4. The van der Waals surface area contributed by atoms with Crippen LogP contribution in [0.25, 0.3) is 0 Å². The van der Waals surface area contributed by atoms with Gasteiger partial charge in [0.1, 0.15) is 0 Å². The van der Waals surface area contributed by atoms with E-state index in [9.17, 15) is 33.0 Å². The van der Waals surface area contributed by atoms with Crippen molar-refractivity contribution >= 4 is 34.7 Å². The Labute approximate surface area is 179 Å². The predicted octanol–water partition coefficient (Wildman–Crippen LogP) is 5.46. The Hall–Kier alpha value is -4.52. The molecule has 0 bridgehead atoms. The maximum atomic E-state index is 13.3. The molecule has 0 fully saturated rings. The molecule has 0 aliphatic heterocycles. The van der Waals surface area contributed by atoms with Crippen molar-refractivity contribution in [2.75, 3.05) is 10.6 Å². The van der Waals surface area contributed by atoms with Gasteiger partial charge in [-0.05, 0) is 48.5 Å². The van der Waals surface area contributed by atoms with Crippen LogP contribution in [0.1, 0.15) is 31.8 Å². The summed E-state index contributed by atoms with van der Waals surface area (Å²) in [6, 6.07) is 14.0. The maximum absolute atomic E-state index is 13.3. The van der Waals surface area contributed by atoms with Crippen LogP contribution in [0, 0.1) is 11.3 Å². The van der Waals surface area contributed by atoms with Crippen LogP contribution < -0.4 is 10.6 Å². The number of nitriles is 1. The summed E-state index contributed by atoms with van der Waals surface area (Å²) in [6.45, 7) is 0. The summed E-state index contributed by atoms with van der Waals surface area (Å²) in [6.07, 6.45) is -4.67. The number of rotatable bonds is 6. The van der Waals surface area contributed by atoms with Crippen LogP contribution in [0.2, 0.25) is 0 Å². The highest BCUT2D eigenvalue weighted by Gasteiger charge is 2.31. The lowest BCUT2D eigenvalue weighted by molar-refractivity contribution is -0.137. The number of carboxylic acids is 2. The van der Waals surface area contributed by atoms with Crippen LogP contribution in [-0.4, -0.2) is 22.2 Å². The molecule has 4 N–H and O–H groups in total. The third kappa shape index (κ3) is 4.79. The number of aromatic carboxylic acids is 2. The van der Waals surface area contributed by atoms with Crippen LogP contribution in [0.15, 0.2) is 60.7 Å². The van der Waals surface area contributed by atoms with Gasteiger partial charge in [0.05, 0.1) is 51.1 Å². The van der Waals surface area contributed by atoms with Crippen LogP contribution in [0.4, 0.5) is 35.9 Å². The number of hydrogen-bond acceptors (Lipinski definition) is 5. The molecule has 0 saturated carbocycles. The monoisotopic (exact) mass is 441 g/mol. The quantitative estimate of drug-likeness (QED) is 0.401. The molecular weight excluding hydrogens is 427 g/mol. The summed E-state index contributed by atoms with van der Waals surface area (Å²) >= 11 is 0. The van der Waals surface area contributed by atoms with E-state index in [1.165, 1.54) is 30.3 Å². The van der Waals surface area contributed by atoms with E-state index in [0.29, 0.717) is 0 Å². The summed E-state index contributed by atoms with van der Waals surface area (Å²) in [4.78, 5) is 23.0. The van der Waals surface area contributed by atoms with Gasteiger partial charge >= 0.3 is 18.1 Å². The van der Waals surface area contributed by atoms with Crippen molar-refractivity contribution in [3.05, 3.63) is 82.9 Å². The van der Waals surface area contributed by atoms with Gasteiger partial charge in [-0.2, -0.15) is 18.4 Å². The molecule has 0 aliphatic carbocycles. The third-order valence-electron chi connectivity index (χ3n) is 4.42. The fourth-order valence-electron chi connectivity index (χ4n) is 2.90. The molecule has 0 radical (unpaired) electrons. The average molecular weight is 441 g/mol. The van der Waals surface area contributed by atoms with Crippen molar-refractivity contribution in [1.82, 2.24) is 0 Å². The lowest BCUT2D eigenvalue weighted by Gasteiger charge is -2.18. The van der Waals surface area contributed by atoms with Gasteiger partial charge in [0.2, 0.25) is 0 Å². The van der Waals surface area contributed by atoms with E-state index in [4.69, 9.17) is 5.26 Å². The number of nitrogens with one attached hydrogen (secondary N) is 2. The minimum atomic E-state index is -4.67. The zero-order chi connectivity index (χ0) is 23.5. The molecule has 7 nitrogen and oxygen atoms in total. The van der Waals surface area contributed by atoms with Gasteiger partial charge < -0.3 is 20.8 Å². The second kappa shape index (κ2) is 8.69. The molecule has 0 unspecified atom stereocenters. The normalized spacial score (nSPS) is 10.8. The molecule has 0 aliphatic rings. The molecule has 0 spiro atoms. The van der Waals surface area contributed by atoms with E-state index in [-0.39, 0.29) is 39.4 Å². The highest BCUT2D eigenvalue weighted by Crippen LogP contribution is 2.37. The molecular formula is C22H14F3N3O4. The van der Waals surface area contributed by atoms with Crippen molar-refractivity contribution in [2.45, 2.75) is 6.18 Å². The van der Waals surface area contributed by atoms with Gasteiger partial charge in [-0.3, -0.25) is 0 Å². The summed E-state index contributed by atoms with van der Waals surface area (Å²) in [5.41, 5.74) is -1.36. The van der Waals surface area contributed by atoms with Gasteiger partial charge in [-0.15, -0.1) is 0 Å². The van der Waals surface area contributed by atoms with Crippen LogP contribution in [0.5, 0.6) is 0 Å². The van der Waals surface area contributed by atoms with E-state index in [2.05, 4.69) is 10.6 Å². The summed E-state index contributed by atoms with van der Waals surface area (Å²) < 4.78 is 39.9. The molecule has 3 rings (SSSR count). The van der Waals surface area contributed by atoms with E-state index in [1.807, 2.05) is 0 Å². The maximum Gasteiger partial charge on any atom is 0.416 e. The molecule has 162 valence electrons. The first-order chi connectivity index (χ1) is 15.1. The zero-order valence-electron chi connectivity index (χ0n) is 16.1. The minimum absolute atomic E-state index is 0.0506.